The summed E-state index contributed by atoms with van der Waals surface area (Å²) < 4.78 is 32.8. The van der Waals surface area contributed by atoms with Crippen molar-refractivity contribution in [2.45, 2.75) is 31.7 Å². The highest BCUT2D eigenvalue weighted by molar-refractivity contribution is 7.89. The summed E-state index contributed by atoms with van der Waals surface area (Å²) in [4.78, 5) is 14.7. The molecular weight excluding hydrogens is 376 g/mol. The van der Waals surface area contributed by atoms with Crippen LogP contribution in [0.3, 0.4) is 0 Å². The summed E-state index contributed by atoms with van der Waals surface area (Å²) in [7, 11) is -2.41. The van der Waals surface area contributed by atoms with Crippen LogP contribution >= 0.6 is 0 Å². The van der Waals surface area contributed by atoms with Gasteiger partial charge in [-0.25, -0.2) is 8.42 Å². The lowest BCUT2D eigenvalue weighted by Crippen LogP contribution is -2.44. The molecule has 0 aromatic heterocycles. The molecule has 0 spiro atoms. The Morgan fingerprint density at radius 1 is 1.18 bits per heavy atom. The molecule has 0 radical (unpaired) electrons. The molecule has 0 atom stereocenters. The molecule has 0 fully saturated rings. The lowest BCUT2D eigenvalue weighted by Gasteiger charge is -2.31. The minimum atomic E-state index is -3.85. The van der Waals surface area contributed by atoms with Crippen LogP contribution < -0.4 is 4.74 Å². The van der Waals surface area contributed by atoms with Crippen LogP contribution in [0.5, 0.6) is 5.75 Å². The van der Waals surface area contributed by atoms with Crippen LogP contribution in [0.1, 0.15) is 23.6 Å². The van der Waals surface area contributed by atoms with Crippen molar-refractivity contribution in [3.63, 3.8) is 0 Å². The summed E-state index contributed by atoms with van der Waals surface area (Å²) >= 11 is 0. The van der Waals surface area contributed by atoms with E-state index in [1.54, 1.807) is 30.0 Å². The SMILES string of the molecule is CCN(CC(=O)N1CCc2ccccc2C1)S(=O)(=O)c1cc(C)ccc1OC. The zero-order valence-electron chi connectivity index (χ0n) is 16.5. The Kier molecular flexibility index (Phi) is 6.05. The summed E-state index contributed by atoms with van der Waals surface area (Å²) in [5, 5.41) is 0. The number of amides is 1. The molecule has 3 rings (SSSR count). The lowest BCUT2D eigenvalue weighted by atomic mass is 10.00. The summed E-state index contributed by atoms with van der Waals surface area (Å²) in [5.41, 5.74) is 3.18. The monoisotopic (exact) mass is 402 g/mol. The first-order valence-electron chi connectivity index (χ1n) is 9.36. The average Bonchev–Trinajstić information content (AvgIpc) is 2.71. The molecule has 1 heterocycles. The molecule has 7 heteroatoms. The zero-order valence-corrected chi connectivity index (χ0v) is 17.3. The van der Waals surface area contributed by atoms with E-state index in [1.807, 2.05) is 25.1 Å². The number of benzene rings is 2. The Morgan fingerprint density at radius 2 is 1.89 bits per heavy atom. The molecule has 150 valence electrons. The predicted molar refractivity (Wildman–Crippen MR) is 108 cm³/mol. The zero-order chi connectivity index (χ0) is 20.3. The van der Waals surface area contributed by atoms with Crippen molar-refractivity contribution in [2.75, 3.05) is 26.7 Å². The van der Waals surface area contributed by atoms with Gasteiger partial charge in [0, 0.05) is 19.6 Å². The van der Waals surface area contributed by atoms with E-state index >= 15 is 0 Å². The van der Waals surface area contributed by atoms with Crippen molar-refractivity contribution in [2.24, 2.45) is 0 Å². The van der Waals surface area contributed by atoms with Gasteiger partial charge in [-0.15, -0.1) is 0 Å². The smallest absolute Gasteiger partial charge is 0.247 e. The van der Waals surface area contributed by atoms with Gasteiger partial charge in [-0.1, -0.05) is 37.3 Å². The van der Waals surface area contributed by atoms with Gasteiger partial charge in [0.25, 0.3) is 0 Å². The Bertz CT molecular complexity index is 972. The Balaban J connectivity index is 1.80. The number of hydrogen-bond donors (Lipinski definition) is 0. The number of nitrogens with zero attached hydrogens (tertiary/aromatic N) is 2. The number of carbonyl (C=O) groups excluding carboxylic acids is 1. The van der Waals surface area contributed by atoms with Crippen LogP contribution in [0.15, 0.2) is 47.4 Å². The van der Waals surface area contributed by atoms with E-state index in [4.69, 9.17) is 4.74 Å². The molecular formula is C21H26N2O4S. The van der Waals surface area contributed by atoms with E-state index < -0.39 is 10.0 Å². The molecule has 0 unspecified atom stereocenters. The number of likely N-dealkylation sites (N-methyl/N-ethyl adjacent to an activating group) is 1. The first kappa shape index (κ1) is 20.4. The van der Waals surface area contributed by atoms with Crippen molar-refractivity contribution in [1.29, 1.82) is 0 Å². The number of methoxy groups -OCH3 is 1. The maximum atomic E-state index is 13.2. The van der Waals surface area contributed by atoms with Crippen LogP contribution in [0.25, 0.3) is 0 Å². The molecule has 0 N–H and O–H groups in total. The highest BCUT2D eigenvalue weighted by atomic mass is 32.2. The lowest BCUT2D eigenvalue weighted by molar-refractivity contribution is -0.132. The van der Waals surface area contributed by atoms with Crippen LogP contribution in [0.4, 0.5) is 0 Å². The third-order valence-corrected chi connectivity index (χ3v) is 7.03. The first-order chi connectivity index (χ1) is 13.4. The van der Waals surface area contributed by atoms with Gasteiger partial charge in [0.15, 0.2) is 0 Å². The standard InChI is InChI=1S/C21H26N2O4S/c1-4-23(28(25,26)20-13-16(2)9-10-19(20)27-3)15-21(24)22-12-11-17-7-5-6-8-18(17)14-22/h5-10,13H,4,11-12,14-15H2,1-3H3. The minimum absolute atomic E-state index is 0.0913. The van der Waals surface area contributed by atoms with Crippen LogP contribution in [-0.2, 0) is 27.8 Å². The molecule has 0 saturated carbocycles. The van der Waals surface area contributed by atoms with Crippen LogP contribution in [-0.4, -0.2) is 50.3 Å². The summed E-state index contributed by atoms with van der Waals surface area (Å²) in [6, 6.07) is 13.1. The molecule has 0 saturated heterocycles. The fraction of sp³-hybridized carbons (Fsp3) is 0.381. The number of carbonyl (C=O) groups is 1. The van der Waals surface area contributed by atoms with Gasteiger partial charge in [0.2, 0.25) is 15.9 Å². The molecule has 1 amide bonds. The van der Waals surface area contributed by atoms with E-state index in [2.05, 4.69) is 6.07 Å². The number of sulfonamides is 1. The topological polar surface area (TPSA) is 66.9 Å². The minimum Gasteiger partial charge on any atom is -0.495 e. The second-order valence-corrected chi connectivity index (χ2v) is 8.83. The number of fused-ring (bicyclic) bond motifs is 1. The van der Waals surface area contributed by atoms with Gasteiger partial charge >= 0.3 is 0 Å². The first-order valence-corrected chi connectivity index (χ1v) is 10.8. The van der Waals surface area contributed by atoms with E-state index in [-0.39, 0.29) is 29.6 Å². The Labute approximate surface area is 166 Å². The third kappa shape index (κ3) is 4.05. The van der Waals surface area contributed by atoms with Gasteiger partial charge in [0.1, 0.15) is 10.6 Å². The normalized spacial score (nSPS) is 14.1. The van der Waals surface area contributed by atoms with Gasteiger partial charge in [-0.05, 0) is 42.2 Å². The second-order valence-electron chi connectivity index (χ2n) is 6.92. The quantitative estimate of drug-likeness (QED) is 0.745. The maximum Gasteiger partial charge on any atom is 0.247 e. The van der Waals surface area contributed by atoms with Crippen molar-refractivity contribution in [1.82, 2.24) is 9.21 Å². The summed E-state index contributed by atoms with van der Waals surface area (Å²) in [6.07, 6.45) is 0.784. The van der Waals surface area contributed by atoms with Crippen molar-refractivity contribution >= 4 is 15.9 Å². The van der Waals surface area contributed by atoms with Gasteiger partial charge in [-0.3, -0.25) is 4.79 Å². The van der Waals surface area contributed by atoms with Crippen molar-refractivity contribution < 1.29 is 17.9 Å². The molecule has 0 bridgehead atoms. The number of ether oxygens (including phenoxy) is 1. The van der Waals surface area contributed by atoms with Crippen molar-refractivity contribution in [3.05, 3.63) is 59.2 Å². The van der Waals surface area contributed by atoms with Gasteiger partial charge < -0.3 is 9.64 Å². The van der Waals surface area contributed by atoms with Gasteiger partial charge in [0.05, 0.1) is 13.7 Å². The van der Waals surface area contributed by atoms with Gasteiger partial charge in [-0.2, -0.15) is 4.31 Å². The second kappa shape index (κ2) is 8.32. The van der Waals surface area contributed by atoms with E-state index in [9.17, 15) is 13.2 Å². The van der Waals surface area contributed by atoms with Crippen LogP contribution in [0, 0.1) is 6.92 Å². The van der Waals surface area contributed by atoms with Crippen molar-refractivity contribution in [3.8, 4) is 5.75 Å². The molecule has 2 aromatic rings. The fourth-order valence-electron chi connectivity index (χ4n) is 3.45. The van der Waals surface area contributed by atoms with E-state index in [0.717, 1.165) is 17.5 Å². The largest absolute Gasteiger partial charge is 0.495 e. The Morgan fingerprint density at radius 3 is 2.57 bits per heavy atom. The summed E-state index contributed by atoms with van der Waals surface area (Å²) in [6.45, 7) is 4.69. The number of hydrogen-bond acceptors (Lipinski definition) is 4. The summed E-state index contributed by atoms with van der Waals surface area (Å²) in [5.74, 6) is 0.0925. The molecule has 28 heavy (non-hydrogen) atoms. The third-order valence-electron chi connectivity index (χ3n) is 5.08. The molecule has 0 aliphatic carbocycles. The van der Waals surface area contributed by atoms with Crippen LogP contribution in [0.2, 0.25) is 0 Å². The number of rotatable bonds is 6. The highest BCUT2D eigenvalue weighted by Crippen LogP contribution is 2.28. The Hall–Kier alpha value is -2.38. The predicted octanol–water partition coefficient (Wildman–Crippen LogP) is 2.60. The highest BCUT2D eigenvalue weighted by Gasteiger charge is 2.30. The van der Waals surface area contributed by atoms with E-state index in [0.29, 0.717) is 13.1 Å². The molecule has 6 nitrogen and oxygen atoms in total. The maximum absolute atomic E-state index is 13.2. The molecule has 1 aliphatic rings. The fourth-order valence-corrected chi connectivity index (χ4v) is 5.09. The molecule has 1 aliphatic heterocycles. The number of aryl methyl sites for hydroxylation is 1. The van der Waals surface area contributed by atoms with E-state index in [1.165, 1.54) is 17.0 Å². The molecule has 2 aromatic carbocycles. The average molecular weight is 403 g/mol.